The van der Waals surface area contributed by atoms with Gasteiger partial charge in [0.25, 0.3) is 0 Å². The smallest absolute Gasteiger partial charge is 0.249 e. The van der Waals surface area contributed by atoms with Crippen LogP contribution >= 0.6 is 0 Å². The van der Waals surface area contributed by atoms with Crippen LogP contribution in [0.3, 0.4) is 0 Å². The van der Waals surface area contributed by atoms with Crippen LogP contribution in [-0.4, -0.2) is 29.5 Å². The Morgan fingerprint density at radius 1 is 1.27 bits per heavy atom. The maximum Gasteiger partial charge on any atom is 0.249 e. The summed E-state index contributed by atoms with van der Waals surface area (Å²) in [5, 5.41) is 0. The standard InChI is InChI=1S/C12H21F2N/c1-9(2)15-5-4-11(6-10(15)3)7-12(13,14)8-11/h9-10H,4-8H2,1-3H3. The number of likely N-dealkylation sites (tertiary alicyclic amines) is 1. The van der Waals surface area contributed by atoms with Gasteiger partial charge in [0.15, 0.2) is 0 Å². The molecule has 1 saturated heterocycles. The van der Waals surface area contributed by atoms with Crippen LogP contribution in [0.25, 0.3) is 0 Å². The van der Waals surface area contributed by atoms with Gasteiger partial charge in [-0.2, -0.15) is 0 Å². The predicted molar refractivity (Wildman–Crippen MR) is 57.2 cm³/mol. The van der Waals surface area contributed by atoms with E-state index in [9.17, 15) is 8.78 Å². The lowest BCUT2D eigenvalue weighted by Crippen LogP contribution is -2.56. The Bertz CT molecular complexity index is 242. The molecule has 0 radical (unpaired) electrons. The summed E-state index contributed by atoms with van der Waals surface area (Å²) in [7, 11) is 0. The highest BCUT2D eigenvalue weighted by molar-refractivity contribution is 5.03. The second kappa shape index (κ2) is 3.41. The number of piperidine rings is 1. The fraction of sp³-hybridized carbons (Fsp3) is 1.00. The molecule has 2 aliphatic rings. The van der Waals surface area contributed by atoms with Gasteiger partial charge in [-0.1, -0.05) is 0 Å². The molecule has 1 atom stereocenters. The van der Waals surface area contributed by atoms with Crippen molar-refractivity contribution in [3.05, 3.63) is 0 Å². The molecule has 1 nitrogen and oxygen atoms in total. The Hall–Kier alpha value is -0.180. The first-order chi connectivity index (χ1) is 6.84. The zero-order valence-corrected chi connectivity index (χ0v) is 9.89. The quantitative estimate of drug-likeness (QED) is 0.651. The van der Waals surface area contributed by atoms with Gasteiger partial charge in [-0.05, 0) is 45.6 Å². The van der Waals surface area contributed by atoms with Crippen LogP contribution in [0.15, 0.2) is 0 Å². The molecule has 1 heterocycles. The molecule has 0 aromatic carbocycles. The molecule has 0 N–H and O–H groups in total. The van der Waals surface area contributed by atoms with Crippen molar-refractivity contribution < 1.29 is 8.78 Å². The van der Waals surface area contributed by atoms with Crippen LogP contribution < -0.4 is 0 Å². The molecule has 1 saturated carbocycles. The van der Waals surface area contributed by atoms with E-state index in [2.05, 4.69) is 25.7 Å². The molecule has 2 fully saturated rings. The Balaban J connectivity index is 1.95. The molecule has 1 aliphatic carbocycles. The van der Waals surface area contributed by atoms with Gasteiger partial charge in [-0.25, -0.2) is 8.78 Å². The van der Waals surface area contributed by atoms with Gasteiger partial charge in [0, 0.05) is 24.9 Å². The van der Waals surface area contributed by atoms with E-state index < -0.39 is 5.92 Å². The molecule has 1 aliphatic heterocycles. The first kappa shape index (κ1) is 11.3. The molecule has 2 rings (SSSR count). The minimum Gasteiger partial charge on any atom is -0.298 e. The topological polar surface area (TPSA) is 3.24 Å². The van der Waals surface area contributed by atoms with Gasteiger partial charge in [-0.3, -0.25) is 4.90 Å². The van der Waals surface area contributed by atoms with Crippen LogP contribution in [0.4, 0.5) is 8.78 Å². The SMILES string of the molecule is CC(C)N1CCC2(CC1C)CC(F)(F)C2. The van der Waals surface area contributed by atoms with E-state index in [1.54, 1.807) is 0 Å². The molecule has 1 spiro atoms. The minimum absolute atomic E-state index is 0.0195. The summed E-state index contributed by atoms with van der Waals surface area (Å²) < 4.78 is 25.9. The van der Waals surface area contributed by atoms with E-state index in [4.69, 9.17) is 0 Å². The highest BCUT2D eigenvalue weighted by Crippen LogP contribution is 2.58. The van der Waals surface area contributed by atoms with Gasteiger partial charge in [-0.15, -0.1) is 0 Å². The fourth-order valence-corrected chi connectivity index (χ4v) is 3.57. The molecule has 0 aromatic rings. The van der Waals surface area contributed by atoms with Crippen molar-refractivity contribution in [1.82, 2.24) is 4.90 Å². The van der Waals surface area contributed by atoms with Gasteiger partial charge in [0.2, 0.25) is 5.92 Å². The molecule has 1 unspecified atom stereocenters. The largest absolute Gasteiger partial charge is 0.298 e. The number of hydrogen-bond donors (Lipinski definition) is 0. The molecule has 3 heteroatoms. The third-order valence-electron chi connectivity index (χ3n) is 4.13. The van der Waals surface area contributed by atoms with Crippen molar-refractivity contribution in [2.45, 2.75) is 64.5 Å². The lowest BCUT2D eigenvalue weighted by Gasteiger charge is -2.54. The van der Waals surface area contributed by atoms with Crippen LogP contribution in [0.1, 0.15) is 46.5 Å². The van der Waals surface area contributed by atoms with Crippen molar-refractivity contribution in [3.8, 4) is 0 Å². The number of alkyl halides is 2. The molecule has 15 heavy (non-hydrogen) atoms. The summed E-state index contributed by atoms with van der Waals surface area (Å²) in [6, 6.07) is 1.01. The zero-order chi connectivity index (χ0) is 11.3. The van der Waals surface area contributed by atoms with Crippen molar-refractivity contribution in [1.29, 1.82) is 0 Å². The third kappa shape index (κ3) is 2.03. The lowest BCUT2D eigenvalue weighted by atomic mass is 9.59. The van der Waals surface area contributed by atoms with E-state index >= 15 is 0 Å². The average Bonchev–Trinajstić information content (AvgIpc) is 1.98. The molecule has 0 bridgehead atoms. The highest BCUT2D eigenvalue weighted by Gasteiger charge is 2.57. The number of rotatable bonds is 1. The van der Waals surface area contributed by atoms with Crippen LogP contribution in [0.2, 0.25) is 0 Å². The second-order valence-electron chi connectivity index (χ2n) is 5.84. The summed E-state index contributed by atoms with van der Waals surface area (Å²) in [5.41, 5.74) is -0.0195. The van der Waals surface area contributed by atoms with E-state index in [1.807, 2.05) is 0 Å². The summed E-state index contributed by atoms with van der Waals surface area (Å²) in [4.78, 5) is 2.43. The van der Waals surface area contributed by atoms with Crippen molar-refractivity contribution in [2.24, 2.45) is 5.41 Å². The molecular weight excluding hydrogens is 196 g/mol. The van der Waals surface area contributed by atoms with Gasteiger partial charge < -0.3 is 0 Å². The minimum atomic E-state index is -2.36. The maximum atomic E-state index is 12.9. The van der Waals surface area contributed by atoms with Crippen LogP contribution in [0.5, 0.6) is 0 Å². The van der Waals surface area contributed by atoms with Crippen molar-refractivity contribution in [2.75, 3.05) is 6.54 Å². The van der Waals surface area contributed by atoms with Crippen LogP contribution in [0, 0.1) is 5.41 Å². The predicted octanol–water partition coefficient (Wildman–Crippen LogP) is 3.29. The highest BCUT2D eigenvalue weighted by atomic mass is 19.3. The van der Waals surface area contributed by atoms with Crippen molar-refractivity contribution >= 4 is 0 Å². The third-order valence-corrected chi connectivity index (χ3v) is 4.13. The summed E-state index contributed by atoms with van der Waals surface area (Å²) in [6.45, 7) is 7.54. The Kier molecular flexibility index (Phi) is 2.57. The van der Waals surface area contributed by atoms with E-state index in [0.717, 1.165) is 19.4 Å². The second-order valence-corrected chi connectivity index (χ2v) is 5.84. The van der Waals surface area contributed by atoms with E-state index in [1.165, 1.54) is 0 Å². The molecule has 0 amide bonds. The Morgan fingerprint density at radius 3 is 2.27 bits per heavy atom. The summed E-state index contributed by atoms with van der Waals surface area (Å²) in [6.07, 6.45) is 2.19. The Morgan fingerprint density at radius 2 is 1.87 bits per heavy atom. The first-order valence-electron chi connectivity index (χ1n) is 5.97. The number of hydrogen-bond acceptors (Lipinski definition) is 1. The Labute approximate surface area is 90.8 Å². The first-order valence-corrected chi connectivity index (χ1v) is 5.97. The van der Waals surface area contributed by atoms with Crippen molar-refractivity contribution in [3.63, 3.8) is 0 Å². The molecule has 0 aromatic heterocycles. The van der Waals surface area contributed by atoms with E-state index in [0.29, 0.717) is 12.1 Å². The summed E-state index contributed by atoms with van der Waals surface area (Å²) >= 11 is 0. The van der Waals surface area contributed by atoms with Gasteiger partial charge >= 0.3 is 0 Å². The van der Waals surface area contributed by atoms with Gasteiger partial charge in [0.1, 0.15) is 0 Å². The number of nitrogens with zero attached hydrogens (tertiary/aromatic N) is 1. The maximum absolute atomic E-state index is 12.9. The summed E-state index contributed by atoms with van der Waals surface area (Å²) in [5.74, 6) is -2.36. The van der Waals surface area contributed by atoms with Gasteiger partial charge in [0.05, 0.1) is 0 Å². The lowest BCUT2D eigenvalue weighted by molar-refractivity contribution is -0.185. The normalized spacial score (nSPS) is 34.4. The fourth-order valence-electron chi connectivity index (χ4n) is 3.57. The monoisotopic (exact) mass is 217 g/mol. The van der Waals surface area contributed by atoms with E-state index in [-0.39, 0.29) is 18.3 Å². The average molecular weight is 217 g/mol. The molecule has 88 valence electrons. The zero-order valence-electron chi connectivity index (χ0n) is 9.89. The van der Waals surface area contributed by atoms with Crippen LogP contribution in [-0.2, 0) is 0 Å². The molecular formula is C12H21F2N. The number of halogens is 2.